The molecule has 127 valence electrons. The van der Waals surface area contributed by atoms with Gasteiger partial charge in [0.2, 0.25) is 0 Å². The Morgan fingerprint density at radius 3 is 1.05 bits per heavy atom. The highest BCUT2D eigenvalue weighted by molar-refractivity contribution is 6.86. The summed E-state index contributed by atoms with van der Waals surface area (Å²) >= 11 is 0. The van der Waals surface area contributed by atoms with Gasteiger partial charge in [0.15, 0.2) is 54.2 Å². The molecule has 0 heterocycles. The Bertz CT molecular complexity index is 260. The van der Waals surface area contributed by atoms with Crippen LogP contribution < -0.4 is 0 Å². The SMILES string of the molecule is [CH2]CC([SiH2]O[Si](C)(C)C)([SiH2]O[Si](C)(C)C)[SiH2]O[Si](C)(C)C. The molecule has 0 aliphatic rings. The van der Waals surface area contributed by atoms with Gasteiger partial charge in [-0.15, -0.1) is 0 Å². The molecular weight excluding hydrogens is 361 g/mol. The fourth-order valence-electron chi connectivity index (χ4n) is 1.45. The highest BCUT2D eigenvalue weighted by Crippen LogP contribution is 2.30. The lowest BCUT2D eigenvalue weighted by Gasteiger charge is -2.37. The van der Waals surface area contributed by atoms with Crippen molar-refractivity contribution in [3.05, 3.63) is 6.92 Å². The number of hydrogen-bond acceptors (Lipinski definition) is 3. The van der Waals surface area contributed by atoms with E-state index in [4.69, 9.17) is 12.3 Å². The molecule has 0 saturated heterocycles. The third-order valence-corrected chi connectivity index (χ3v) is 21.7. The summed E-state index contributed by atoms with van der Waals surface area (Å²) in [6, 6.07) is 0. The zero-order valence-corrected chi connectivity index (χ0v) is 23.0. The summed E-state index contributed by atoms with van der Waals surface area (Å²) in [5.41, 5.74) is 0. The van der Waals surface area contributed by atoms with Crippen molar-refractivity contribution < 1.29 is 12.3 Å². The van der Waals surface area contributed by atoms with Crippen LogP contribution >= 0.6 is 0 Å². The maximum atomic E-state index is 6.39. The van der Waals surface area contributed by atoms with E-state index in [0.717, 1.165) is 6.42 Å². The van der Waals surface area contributed by atoms with Gasteiger partial charge in [-0.1, -0.05) is 6.92 Å². The highest BCUT2D eigenvalue weighted by Gasteiger charge is 2.36. The molecule has 0 fully saturated rings. The topological polar surface area (TPSA) is 27.7 Å². The van der Waals surface area contributed by atoms with Crippen LogP contribution in [0.3, 0.4) is 0 Å². The van der Waals surface area contributed by atoms with Gasteiger partial charge in [0.1, 0.15) is 0 Å². The third kappa shape index (κ3) is 12.3. The fourth-order valence-corrected chi connectivity index (χ4v) is 17.3. The Morgan fingerprint density at radius 2 is 0.905 bits per heavy atom. The maximum absolute atomic E-state index is 6.39. The van der Waals surface area contributed by atoms with Crippen LogP contribution in [0, 0.1) is 6.92 Å². The molecule has 0 aromatic heterocycles. The number of hydrogen-bond donors (Lipinski definition) is 0. The van der Waals surface area contributed by atoms with Gasteiger partial charge >= 0.3 is 0 Å². The Labute approximate surface area is 143 Å². The largest absolute Gasteiger partial charge is 0.461 e. The first-order valence-corrected chi connectivity index (χ1v) is 22.0. The molecule has 0 aliphatic carbocycles. The van der Waals surface area contributed by atoms with E-state index in [-0.39, 0.29) is 0 Å². The molecule has 9 heteroatoms. The molecule has 3 nitrogen and oxygen atoms in total. The Hall–Kier alpha value is 1.18. The first-order valence-electron chi connectivity index (χ1n) is 7.89. The van der Waals surface area contributed by atoms with E-state index in [1.54, 1.807) is 0 Å². The first-order chi connectivity index (χ1) is 9.18. The molecule has 0 N–H and O–H groups in total. The second-order valence-corrected chi connectivity index (χ2v) is 33.5. The van der Waals surface area contributed by atoms with Crippen molar-refractivity contribution in [2.75, 3.05) is 0 Å². The van der Waals surface area contributed by atoms with Crippen molar-refractivity contribution in [3.8, 4) is 0 Å². The molecule has 0 aromatic carbocycles. The predicted molar refractivity (Wildman–Crippen MR) is 112 cm³/mol. The number of rotatable bonds is 10. The van der Waals surface area contributed by atoms with E-state index < -0.39 is 54.2 Å². The van der Waals surface area contributed by atoms with Crippen molar-refractivity contribution in [1.29, 1.82) is 0 Å². The lowest BCUT2D eigenvalue weighted by atomic mass is 10.6. The average molecular weight is 398 g/mol. The van der Waals surface area contributed by atoms with Crippen LogP contribution in [0.2, 0.25) is 63.2 Å². The molecule has 0 amide bonds. The van der Waals surface area contributed by atoms with Gasteiger partial charge in [-0.25, -0.2) is 0 Å². The van der Waals surface area contributed by atoms with Crippen LogP contribution in [-0.2, 0) is 12.3 Å². The Kier molecular flexibility index (Phi) is 8.80. The van der Waals surface area contributed by atoms with Crippen molar-refractivity contribution in [3.63, 3.8) is 0 Å². The second-order valence-electron chi connectivity index (χ2n) is 8.95. The standard InChI is InChI=1S/C12H37O3Si6/c1-11-12(16-13-19(2,3)4,17-14-20(5,6)7)18-15-21(8,9)10/h1,11,16-18H2,2-10H3. The lowest BCUT2D eigenvalue weighted by Crippen LogP contribution is -2.46. The zero-order valence-electron chi connectivity index (χ0n) is 15.8. The van der Waals surface area contributed by atoms with Crippen LogP contribution in [-0.4, -0.2) is 54.2 Å². The lowest BCUT2D eigenvalue weighted by molar-refractivity contribution is 0.524. The van der Waals surface area contributed by atoms with Crippen molar-refractivity contribution in [2.45, 2.75) is 69.6 Å². The van der Waals surface area contributed by atoms with E-state index in [2.05, 4.69) is 65.8 Å². The fraction of sp³-hybridized carbons (Fsp3) is 0.917. The van der Waals surface area contributed by atoms with Crippen LogP contribution in [0.15, 0.2) is 0 Å². The molecule has 1 radical (unpaired) electrons. The van der Waals surface area contributed by atoms with Crippen molar-refractivity contribution >= 4 is 54.2 Å². The monoisotopic (exact) mass is 397 g/mol. The van der Waals surface area contributed by atoms with E-state index >= 15 is 0 Å². The molecule has 0 saturated carbocycles. The summed E-state index contributed by atoms with van der Waals surface area (Å²) in [6.07, 6.45) is 0.969. The van der Waals surface area contributed by atoms with Gasteiger partial charge < -0.3 is 12.3 Å². The Balaban J connectivity index is 4.91. The summed E-state index contributed by atoms with van der Waals surface area (Å²) in [4.78, 5) is 0. The van der Waals surface area contributed by atoms with Gasteiger partial charge in [-0.05, 0) is 65.3 Å². The summed E-state index contributed by atoms with van der Waals surface area (Å²) in [5, 5.41) is 0. The van der Waals surface area contributed by atoms with Gasteiger partial charge in [0.05, 0.1) is 0 Å². The highest BCUT2D eigenvalue weighted by atomic mass is 28.4. The zero-order chi connectivity index (χ0) is 16.9. The van der Waals surface area contributed by atoms with E-state index in [1.807, 2.05) is 0 Å². The predicted octanol–water partition coefficient (Wildman–Crippen LogP) is 2.09. The van der Waals surface area contributed by atoms with E-state index in [9.17, 15) is 0 Å². The molecule has 0 atom stereocenters. The van der Waals surface area contributed by atoms with Gasteiger partial charge in [-0.3, -0.25) is 0 Å². The molecule has 0 aromatic rings. The van der Waals surface area contributed by atoms with Gasteiger partial charge in [-0.2, -0.15) is 0 Å². The van der Waals surface area contributed by atoms with Crippen LogP contribution in [0.4, 0.5) is 0 Å². The minimum Gasteiger partial charge on any atom is -0.461 e. The van der Waals surface area contributed by atoms with Crippen LogP contribution in [0.25, 0.3) is 0 Å². The van der Waals surface area contributed by atoms with Crippen LogP contribution in [0.5, 0.6) is 0 Å². The first kappa shape index (κ1) is 22.2. The second kappa shape index (κ2) is 8.33. The third-order valence-electron chi connectivity index (χ3n) is 2.96. The summed E-state index contributed by atoms with van der Waals surface area (Å²) in [6.45, 7) is 24.9. The quantitative estimate of drug-likeness (QED) is 0.528. The van der Waals surface area contributed by atoms with E-state index in [1.165, 1.54) is 0 Å². The maximum Gasteiger partial charge on any atom is 0.169 e. The van der Waals surface area contributed by atoms with E-state index in [0.29, 0.717) is 4.28 Å². The summed E-state index contributed by atoms with van der Waals surface area (Å²) in [7, 11) is -6.15. The van der Waals surface area contributed by atoms with Gasteiger partial charge in [0.25, 0.3) is 0 Å². The Morgan fingerprint density at radius 1 is 0.667 bits per heavy atom. The molecule has 0 bridgehead atoms. The van der Waals surface area contributed by atoms with Gasteiger partial charge in [0, 0.05) is 4.28 Å². The molecule has 0 unspecified atom stereocenters. The van der Waals surface area contributed by atoms with Crippen LogP contribution in [0.1, 0.15) is 6.42 Å². The average Bonchev–Trinajstić information content (AvgIpc) is 2.25. The molecule has 0 spiro atoms. The molecule has 0 rings (SSSR count). The minimum absolute atomic E-state index is 0.306. The molecular formula is C12H37O3Si6. The smallest absolute Gasteiger partial charge is 0.169 e. The molecule has 21 heavy (non-hydrogen) atoms. The summed E-state index contributed by atoms with van der Waals surface area (Å²) < 4.78 is 19.5. The van der Waals surface area contributed by atoms with Crippen molar-refractivity contribution in [1.82, 2.24) is 0 Å². The minimum atomic E-state index is -1.44. The molecule has 0 aliphatic heterocycles. The normalized spacial score (nSPS) is 18.6. The van der Waals surface area contributed by atoms with Crippen molar-refractivity contribution in [2.24, 2.45) is 0 Å². The summed E-state index contributed by atoms with van der Waals surface area (Å²) in [5.74, 6) is 0.